The third-order valence-electron chi connectivity index (χ3n) is 3.67. The van der Waals surface area contributed by atoms with Crippen molar-refractivity contribution in [1.82, 2.24) is 0 Å². The minimum atomic E-state index is -0.909. The predicted octanol–water partition coefficient (Wildman–Crippen LogP) is 3.33. The van der Waals surface area contributed by atoms with E-state index >= 15 is 0 Å². The smallest absolute Gasteiger partial charge is 0.338 e. The van der Waals surface area contributed by atoms with Crippen LogP contribution in [-0.4, -0.2) is 36.5 Å². The summed E-state index contributed by atoms with van der Waals surface area (Å²) < 4.78 is 4.95. The van der Waals surface area contributed by atoms with Crippen molar-refractivity contribution in [3.8, 4) is 11.8 Å². The first-order chi connectivity index (χ1) is 13.8. The minimum Gasteiger partial charge on any atom is -0.458 e. The van der Waals surface area contributed by atoms with Gasteiger partial charge in [0.25, 0.3) is 11.4 Å². The largest absolute Gasteiger partial charge is 0.458 e. The standard InChI is InChI=1S/C20H17N3O6/c1-21(2)17-9-7-15(8-10-17)6-4-3-5-11-29-20(24)16-12-18(22(25)26)14-19(13-16)23(27)28/h3,5,7-10,12-14H,11H2,1-2H3/b5-3+. The molecule has 0 radical (unpaired) electrons. The van der Waals surface area contributed by atoms with E-state index in [9.17, 15) is 25.0 Å². The molecule has 0 heterocycles. The van der Waals surface area contributed by atoms with Gasteiger partial charge in [-0.15, -0.1) is 0 Å². The van der Waals surface area contributed by atoms with E-state index in [1.165, 1.54) is 12.2 Å². The van der Waals surface area contributed by atoms with Gasteiger partial charge in [0.2, 0.25) is 0 Å². The average Bonchev–Trinajstić information content (AvgIpc) is 2.70. The molecule has 0 saturated heterocycles. The van der Waals surface area contributed by atoms with E-state index in [2.05, 4.69) is 11.8 Å². The fourth-order valence-electron chi connectivity index (χ4n) is 2.21. The Morgan fingerprint density at radius 2 is 1.66 bits per heavy atom. The van der Waals surface area contributed by atoms with Gasteiger partial charge in [0.1, 0.15) is 6.61 Å². The van der Waals surface area contributed by atoms with E-state index in [1.807, 2.05) is 43.3 Å². The van der Waals surface area contributed by atoms with Crippen LogP contribution in [0.4, 0.5) is 17.1 Å². The number of nitro benzene ring substituents is 2. The molecule has 0 atom stereocenters. The second-order valence-corrected chi connectivity index (χ2v) is 5.96. The third-order valence-corrected chi connectivity index (χ3v) is 3.67. The number of nitro groups is 2. The molecule has 0 saturated carbocycles. The molecule has 9 heteroatoms. The lowest BCUT2D eigenvalue weighted by Gasteiger charge is -2.11. The Morgan fingerprint density at radius 3 is 2.17 bits per heavy atom. The number of carbonyl (C=O) groups excluding carboxylic acids is 1. The maximum atomic E-state index is 12.0. The van der Waals surface area contributed by atoms with E-state index in [1.54, 1.807) is 0 Å². The molecule has 0 amide bonds. The lowest BCUT2D eigenvalue weighted by molar-refractivity contribution is -0.394. The SMILES string of the molecule is CN(C)c1ccc(C#C/C=C/COC(=O)c2cc([N+](=O)[O-])cc([N+](=O)[O-])c2)cc1. The number of carbonyl (C=O) groups is 1. The van der Waals surface area contributed by atoms with Crippen molar-refractivity contribution < 1.29 is 19.4 Å². The summed E-state index contributed by atoms with van der Waals surface area (Å²) in [5.74, 6) is 4.81. The molecule has 148 valence electrons. The maximum absolute atomic E-state index is 12.0. The summed E-state index contributed by atoms with van der Waals surface area (Å²) in [5.41, 5.74) is 0.479. The molecule has 0 aromatic heterocycles. The molecule has 0 aliphatic carbocycles. The van der Waals surface area contributed by atoms with E-state index in [0.29, 0.717) is 0 Å². The molecule has 0 bridgehead atoms. The Kier molecular flexibility index (Phi) is 7.03. The fraction of sp³-hybridized carbons (Fsp3) is 0.150. The van der Waals surface area contributed by atoms with Gasteiger partial charge < -0.3 is 9.64 Å². The number of ether oxygens (including phenoxy) is 1. The summed E-state index contributed by atoms with van der Waals surface area (Å²) in [7, 11) is 3.88. The molecule has 9 nitrogen and oxygen atoms in total. The second-order valence-electron chi connectivity index (χ2n) is 5.96. The molecular formula is C20H17N3O6. The first-order valence-corrected chi connectivity index (χ1v) is 8.33. The summed E-state index contributed by atoms with van der Waals surface area (Å²) >= 11 is 0. The molecule has 0 spiro atoms. The topological polar surface area (TPSA) is 116 Å². The van der Waals surface area contributed by atoms with Gasteiger partial charge in [-0.2, -0.15) is 0 Å². The Morgan fingerprint density at radius 1 is 1.07 bits per heavy atom. The molecular weight excluding hydrogens is 378 g/mol. The maximum Gasteiger partial charge on any atom is 0.338 e. The van der Waals surface area contributed by atoms with Crippen LogP contribution in [0.3, 0.4) is 0 Å². The Balaban J connectivity index is 1.96. The van der Waals surface area contributed by atoms with Crippen LogP contribution in [0, 0.1) is 32.1 Å². The molecule has 0 fully saturated rings. The molecule has 0 aliphatic rings. The van der Waals surface area contributed by atoms with Gasteiger partial charge in [-0.3, -0.25) is 20.2 Å². The predicted molar refractivity (Wildman–Crippen MR) is 107 cm³/mol. The summed E-state index contributed by atoms with van der Waals surface area (Å²) in [4.78, 5) is 34.0. The molecule has 29 heavy (non-hydrogen) atoms. The first kappa shape index (κ1) is 21.1. The second kappa shape index (κ2) is 9.66. The van der Waals surface area contributed by atoms with Crippen molar-refractivity contribution in [1.29, 1.82) is 0 Å². The number of non-ortho nitro benzene ring substituents is 2. The average molecular weight is 395 g/mol. The highest BCUT2D eigenvalue weighted by atomic mass is 16.6. The zero-order chi connectivity index (χ0) is 21.4. The number of hydrogen-bond donors (Lipinski definition) is 0. The van der Waals surface area contributed by atoms with E-state index in [0.717, 1.165) is 29.4 Å². The first-order valence-electron chi connectivity index (χ1n) is 8.33. The highest BCUT2D eigenvalue weighted by Gasteiger charge is 2.20. The normalized spacial score (nSPS) is 10.1. The van der Waals surface area contributed by atoms with E-state index in [4.69, 9.17) is 4.74 Å². The molecule has 2 aromatic carbocycles. The molecule has 2 aromatic rings. The number of esters is 1. The van der Waals surface area contributed by atoms with Crippen molar-refractivity contribution >= 4 is 23.0 Å². The Bertz CT molecular complexity index is 984. The Hall–Kier alpha value is -4.19. The van der Waals surface area contributed by atoms with Gasteiger partial charge in [-0.25, -0.2) is 4.79 Å². The van der Waals surface area contributed by atoms with Gasteiger partial charge in [0.05, 0.1) is 21.5 Å². The van der Waals surface area contributed by atoms with Crippen LogP contribution in [0.2, 0.25) is 0 Å². The Labute approximate surface area is 166 Å². The van der Waals surface area contributed by atoms with Crippen LogP contribution in [0.15, 0.2) is 54.6 Å². The van der Waals surface area contributed by atoms with Gasteiger partial charge in [-0.1, -0.05) is 11.8 Å². The third kappa shape index (κ3) is 6.18. The zero-order valence-electron chi connectivity index (χ0n) is 15.7. The van der Waals surface area contributed by atoms with Crippen LogP contribution in [0.25, 0.3) is 0 Å². The van der Waals surface area contributed by atoms with Gasteiger partial charge in [0.15, 0.2) is 0 Å². The number of hydrogen-bond acceptors (Lipinski definition) is 7. The van der Waals surface area contributed by atoms with E-state index in [-0.39, 0.29) is 12.2 Å². The van der Waals surface area contributed by atoms with Crippen LogP contribution >= 0.6 is 0 Å². The minimum absolute atomic E-state index is 0.135. The van der Waals surface area contributed by atoms with Gasteiger partial charge >= 0.3 is 5.97 Å². The number of allylic oxidation sites excluding steroid dienone is 1. The van der Waals surface area contributed by atoms with Crippen molar-refractivity contribution in [2.24, 2.45) is 0 Å². The number of anilines is 1. The van der Waals surface area contributed by atoms with Crippen LogP contribution < -0.4 is 4.90 Å². The zero-order valence-corrected chi connectivity index (χ0v) is 15.7. The lowest BCUT2D eigenvalue weighted by atomic mass is 10.2. The molecule has 0 aliphatic heterocycles. The summed E-state index contributed by atoms with van der Waals surface area (Å²) in [6.07, 6.45) is 2.99. The highest BCUT2D eigenvalue weighted by molar-refractivity contribution is 5.91. The summed E-state index contributed by atoms with van der Waals surface area (Å²) in [6.45, 7) is -0.135. The molecule has 0 N–H and O–H groups in total. The van der Waals surface area contributed by atoms with E-state index < -0.39 is 27.2 Å². The van der Waals surface area contributed by atoms with Crippen molar-refractivity contribution in [2.75, 3.05) is 25.6 Å². The number of rotatable bonds is 6. The van der Waals surface area contributed by atoms with Crippen molar-refractivity contribution in [2.45, 2.75) is 0 Å². The monoisotopic (exact) mass is 395 g/mol. The number of benzene rings is 2. The van der Waals surface area contributed by atoms with Gasteiger partial charge in [-0.05, 0) is 36.4 Å². The number of nitrogens with zero attached hydrogens (tertiary/aromatic N) is 3. The quantitative estimate of drug-likeness (QED) is 0.319. The summed E-state index contributed by atoms with van der Waals surface area (Å²) in [6, 6.07) is 10.3. The van der Waals surface area contributed by atoms with Crippen molar-refractivity contribution in [3.05, 3.63) is 86.0 Å². The highest BCUT2D eigenvalue weighted by Crippen LogP contribution is 2.23. The lowest BCUT2D eigenvalue weighted by Crippen LogP contribution is -2.07. The molecule has 0 unspecified atom stereocenters. The van der Waals surface area contributed by atoms with Gasteiger partial charge in [0, 0.05) is 37.5 Å². The van der Waals surface area contributed by atoms with Crippen LogP contribution in [-0.2, 0) is 4.74 Å². The fourth-order valence-corrected chi connectivity index (χ4v) is 2.21. The van der Waals surface area contributed by atoms with Crippen LogP contribution in [0.1, 0.15) is 15.9 Å². The summed E-state index contributed by atoms with van der Waals surface area (Å²) in [5, 5.41) is 21.7. The molecule has 2 rings (SSSR count). The van der Waals surface area contributed by atoms with Crippen molar-refractivity contribution in [3.63, 3.8) is 0 Å². The van der Waals surface area contributed by atoms with Crippen LogP contribution in [0.5, 0.6) is 0 Å².